The summed E-state index contributed by atoms with van der Waals surface area (Å²) in [7, 11) is 0. The molecule has 2 fully saturated rings. The van der Waals surface area contributed by atoms with Crippen LogP contribution in [0.1, 0.15) is 80.0 Å². The van der Waals surface area contributed by atoms with Gasteiger partial charge in [-0.05, 0) is 93.2 Å². The standard InChI is InChI=1S/C30H39F2N3O4/c1-30(32)13-11-26(39-19-30)24-10-8-21(31)17-25(24)27(29(36)37)35-15-12-23(18-35)38-16-3-2-6-22-9-7-20-5-4-14-33-28(20)34-22/h7-10,17,23,26-27H,2-6,11-16,18-19H2,1H3,(H,33,34)(H,36,37)/t23-,26?,27+,30?/m1/s1. The molecule has 2 aromatic rings. The number of carboxylic acids is 1. The maximum atomic E-state index is 14.3. The van der Waals surface area contributed by atoms with Crippen LogP contribution >= 0.6 is 0 Å². The number of halogens is 2. The number of nitrogens with zero attached hydrogens (tertiary/aromatic N) is 2. The van der Waals surface area contributed by atoms with Crippen molar-refractivity contribution in [2.24, 2.45) is 0 Å². The summed E-state index contributed by atoms with van der Waals surface area (Å²) in [6, 6.07) is 7.46. The van der Waals surface area contributed by atoms with E-state index in [0.717, 1.165) is 50.2 Å². The zero-order chi connectivity index (χ0) is 27.4. The number of pyridine rings is 1. The molecule has 39 heavy (non-hydrogen) atoms. The molecule has 7 nitrogen and oxygen atoms in total. The Labute approximate surface area is 228 Å². The smallest absolute Gasteiger partial charge is 0.325 e. The number of alkyl halides is 1. The second kappa shape index (κ2) is 12.3. The van der Waals surface area contributed by atoms with Crippen molar-refractivity contribution in [2.45, 2.75) is 82.2 Å². The largest absolute Gasteiger partial charge is 0.480 e. The van der Waals surface area contributed by atoms with Crippen LogP contribution in [0.4, 0.5) is 14.6 Å². The summed E-state index contributed by atoms with van der Waals surface area (Å²) >= 11 is 0. The SMILES string of the molecule is CC1(F)CCC(c2ccc(F)cc2[C@@H](C(=O)O)N2CC[C@@H](OCCCCc3ccc4c(n3)NCCC4)C2)OC1. The first-order valence-corrected chi connectivity index (χ1v) is 14.2. The monoisotopic (exact) mass is 543 g/mol. The van der Waals surface area contributed by atoms with E-state index in [1.54, 1.807) is 6.07 Å². The van der Waals surface area contributed by atoms with Crippen molar-refractivity contribution in [1.82, 2.24) is 9.88 Å². The molecule has 0 spiro atoms. The number of aromatic nitrogens is 1. The number of aliphatic carboxylic acids is 1. The lowest BCUT2D eigenvalue weighted by Crippen LogP contribution is -2.36. The second-order valence-corrected chi connectivity index (χ2v) is 11.3. The quantitative estimate of drug-likeness (QED) is 0.389. The molecule has 5 rings (SSSR count). The molecule has 0 radical (unpaired) electrons. The number of fused-ring (bicyclic) bond motifs is 1. The van der Waals surface area contributed by atoms with Crippen LogP contribution in [-0.2, 0) is 27.1 Å². The minimum Gasteiger partial charge on any atom is -0.480 e. The van der Waals surface area contributed by atoms with Crippen molar-refractivity contribution >= 4 is 11.8 Å². The van der Waals surface area contributed by atoms with Gasteiger partial charge >= 0.3 is 5.97 Å². The van der Waals surface area contributed by atoms with Gasteiger partial charge in [0, 0.05) is 31.9 Å². The Hall–Kier alpha value is -2.62. The number of nitrogens with one attached hydrogen (secondary N) is 1. The van der Waals surface area contributed by atoms with E-state index in [9.17, 15) is 18.7 Å². The van der Waals surface area contributed by atoms with Crippen molar-refractivity contribution in [2.75, 3.05) is 38.2 Å². The molecule has 9 heteroatoms. The van der Waals surface area contributed by atoms with Crippen molar-refractivity contribution in [3.05, 3.63) is 58.5 Å². The number of aryl methyl sites for hydroxylation is 2. The molecule has 0 amide bonds. The highest BCUT2D eigenvalue weighted by Crippen LogP contribution is 2.39. The Bertz CT molecular complexity index is 1150. The maximum Gasteiger partial charge on any atom is 0.325 e. The topological polar surface area (TPSA) is 83.9 Å². The predicted octanol–water partition coefficient (Wildman–Crippen LogP) is 5.40. The summed E-state index contributed by atoms with van der Waals surface area (Å²) in [4.78, 5) is 19.0. The van der Waals surface area contributed by atoms with E-state index < -0.39 is 29.6 Å². The summed E-state index contributed by atoms with van der Waals surface area (Å²) in [6.07, 6.45) is 5.89. The predicted molar refractivity (Wildman–Crippen MR) is 144 cm³/mol. The summed E-state index contributed by atoms with van der Waals surface area (Å²) < 4.78 is 40.5. The van der Waals surface area contributed by atoms with Crippen molar-refractivity contribution in [3.8, 4) is 0 Å². The number of ether oxygens (including phenoxy) is 2. The van der Waals surface area contributed by atoms with Crippen LogP contribution in [0.3, 0.4) is 0 Å². The van der Waals surface area contributed by atoms with Crippen LogP contribution in [0.25, 0.3) is 0 Å². The lowest BCUT2D eigenvalue weighted by Gasteiger charge is -2.34. The van der Waals surface area contributed by atoms with Gasteiger partial charge in [-0.2, -0.15) is 0 Å². The average molecular weight is 544 g/mol. The molecule has 4 atom stereocenters. The number of anilines is 1. The Kier molecular flexibility index (Phi) is 8.79. The first-order chi connectivity index (χ1) is 18.8. The molecule has 0 aliphatic carbocycles. The fraction of sp³-hybridized carbons (Fsp3) is 0.600. The highest BCUT2D eigenvalue weighted by Gasteiger charge is 2.38. The fourth-order valence-corrected chi connectivity index (χ4v) is 5.96. The normalized spacial score (nSPS) is 26.1. The van der Waals surface area contributed by atoms with Crippen molar-refractivity contribution in [3.63, 3.8) is 0 Å². The molecule has 2 unspecified atom stereocenters. The van der Waals surface area contributed by atoms with Gasteiger partial charge in [-0.15, -0.1) is 0 Å². The molecule has 3 aliphatic heterocycles. The molecule has 0 bridgehead atoms. The van der Waals surface area contributed by atoms with Gasteiger partial charge < -0.3 is 19.9 Å². The van der Waals surface area contributed by atoms with E-state index in [1.165, 1.54) is 24.6 Å². The third-order valence-corrected chi connectivity index (χ3v) is 8.11. The molecule has 2 saturated heterocycles. The number of rotatable bonds is 10. The van der Waals surface area contributed by atoms with E-state index in [2.05, 4.69) is 17.4 Å². The average Bonchev–Trinajstić information content (AvgIpc) is 3.37. The van der Waals surface area contributed by atoms with Gasteiger partial charge in [0.2, 0.25) is 0 Å². The van der Waals surface area contributed by atoms with Crippen LogP contribution in [0.2, 0.25) is 0 Å². The molecule has 0 saturated carbocycles. The molecule has 3 aliphatic rings. The van der Waals surface area contributed by atoms with Gasteiger partial charge in [-0.1, -0.05) is 12.1 Å². The van der Waals surface area contributed by atoms with Gasteiger partial charge in [-0.3, -0.25) is 9.69 Å². The second-order valence-electron chi connectivity index (χ2n) is 11.3. The van der Waals surface area contributed by atoms with E-state index in [-0.39, 0.29) is 12.7 Å². The van der Waals surface area contributed by atoms with Crippen LogP contribution in [-0.4, -0.2) is 65.6 Å². The molecule has 4 heterocycles. The molecular formula is C30H39F2N3O4. The van der Waals surface area contributed by atoms with Crippen molar-refractivity contribution < 1.29 is 28.2 Å². The van der Waals surface area contributed by atoms with Gasteiger partial charge in [0.1, 0.15) is 23.3 Å². The van der Waals surface area contributed by atoms with E-state index in [4.69, 9.17) is 14.5 Å². The third kappa shape index (κ3) is 6.94. The number of likely N-dealkylation sites (tertiary alicyclic amines) is 1. The molecule has 212 valence electrons. The summed E-state index contributed by atoms with van der Waals surface area (Å²) in [5.74, 6) is -0.519. The first kappa shape index (κ1) is 27.9. The van der Waals surface area contributed by atoms with Crippen LogP contribution in [0.15, 0.2) is 30.3 Å². The minimum atomic E-state index is -1.41. The van der Waals surface area contributed by atoms with E-state index >= 15 is 0 Å². The lowest BCUT2D eigenvalue weighted by atomic mass is 9.89. The van der Waals surface area contributed by atoms with Gasteiger partial charge in [0.25, 0.3) is 0 Å². The van der Waals surface area contributed by atoms with E-state index in [0.29, 0.717) is 50.1 Å². The Balaban J connectivity index is 1.14. The Morgan fingerprint density at radius 2 is 2.18 bits per heavy atom. The Morgan fingerprint density at radius 1 is 1.31 bits per heavy atom. The van der Waals surface area contributed by atoms with Gasteiger partial charge in [0.05, 0.1) is 18.8 Å². The maximum absolute atomic E-state index is 14.3. The molecule has 1 aromatic heterocycles. The number of hydrogen-bond donors (Lipinski definition) is 2. The highest BCUT2D eigenvalue weighted by molar-refractivity contribution is 5.76. The number of hydrogen-bond acceptors (Lipinski definition) is 6. The molecule has 1 aromatic carbocycles. The molecule has 2 N–H and O–H groups in total. The number of benzene rings is 1. The van der Waals surface area contributed by atoms with Crippen LogP contribution in [0.5, 0.6) is 0 Å². The third-order valence-electron chi connectivity index (χ3n) is 8.11. The first-order valence-electron chi connectivity index (χ1n) is 14.2. The van der Waals surface area contributed by atoms with E-state index in [1.807, 2.05) is 4.90 Å². The summed E-state index contributed by atoms with van der Waals surface area (Å²) in [5.41, 5.74) is 1.97. The molecular weight excluding hydrogens is 504 g/mol. The van der Waals surface area contributed by atoms with Crippen LogP contribution in [0, 0.1) is 5.82 Å². The van der Waals surface area contributed by atoms with Gasteiger partial charge in [0.15, 0.2) is 0 Å². The van der Waals surface area contributed by atoms with Crippen LogP contribution < -0.4 is 5.32 Å². The summed E-state index contributed by atoms with van der Waals surface area (Å²) in [5, 5.41) is 13.6. The number of unbranched alkanes of at least 4 members (excludes halogenated alkanes) is 1. The Morgan fingerprint density at radius 3 is 2.97 bits per heavy atom. The zero-order valence-corrected chi connectivity index (χ0v) is 22.6. The number of carbonyl (C=O) groups is 1. The number of carboxylic acid groups (broad SMARTS) is 1. The highest BCUT2D eigenvalue weighted by atomic mass is 19.1. The minimum absolute atomic E-state index is 0.0642. The zero-order valence-electron chi connectivity index (χ0n) is 22.6. The fourth-order valence-electron chi connectivity index (χ4n) is 5.96. The van der Waals surface area contributed by atoms with Gasteiger partial charge in [-0.25, -0.2) is 13.8 Å². The lowest BCUT2D eigenvalue weighted by molar-refractivity contribution is -0.143. The summed E-state index contributed by atoms with van der Waals surface area (Å²) in [6.45, 7) is 4.01. The van der Waals surface area contributed by atoms with Crippen molar-refractivity contribution in [1.29, 1.82) is 0 Å².